The Morgan fingerprint density at radius 2 is 1.79 bits per heavy atom. The Bertz CT molecular complexity index is 1090. The maximum absolute atomic E-state index is 12.4. The Labute approximate surface area is 185 Å². The average Bonchev–Trinajstić information content (AvgIpc) is 3.29. The van der Waals surface area contributed by atoms with E-state index in [0.717, 1.165) is 5.69 Å². The van der Waals surface area contributed by atoms with Crippen molar-refractivity contribution in [3.8, 4) is 0 Å². The maximum atomic E-state index is 12.4. The zero-order chi connectivity index (χ0) is 20.5. The molecule has 1 fully saturated rings. The van der Waals surface area contributed by atoms with Crippen molar-refractivity contribution in [2.75, 3.05) is 16.8 Å². The van der Waals surface area contributed by atoms with E-state index in [0.29, 0.717) is 33.2 Å². The van der Waals surface area contributed by atoms with Gasteiger partial charge in [0.1, 0.15) is 5.01 Å². The van der Waals surface area contributed by atoms with Crippen LogP contribution in [0.4, 0.5) is 10.8 Å². The minimum absolute atomic E-state index is 0.00561. The van der Waals surface area contributed by atoms with Crippen molar-refractivity contribution < 1.29 is 9.59 Å². The van der Waals surface area contributed by atoms with E-state index in [4.69, 9.17) is 34.8 Å². The van der Waals surface area contributed by atoms with Crippen LogP contribution in [-0.4, -0.2) is 28.6 Å². The lowest BCUT2D eigenvalue weighted by Crippen LogP contribution is -2.24. The van der Waals surface area contributed by atoms with Gasteiger partial charge in [0, 0.05) is 34.6 Å². The predicted octanol–water partition coefficient (Wildman–Crippen LogP) is 5.27. The lowest BCUT2D eigenvalue weighted by atomic mass is 10.1. The molecule has 1 aliphatic rings. The normalized spacial score (nSPS) is 16.3. The van der Waals surface area contributed by atoms with Gasteiger partial charge in [0.15, 0.2) is 0 Å². The van der Waals surface area contributed by atoms with Crippen molar-refractivity contribution in [3.63, 3.8) is 0 Å². The van der Waals surface area contributed by atoms with Gasteiger partial charge in [-0.2, -0.15) is 0 Å². The van der Waals surface area contributed by atoms with Crippen LogP contribution < -0.4 is 10.2 Å². The fourth-order valence-electron chi connectivity index (χ4n) is 3.03. The molecule has 2 aromatic carbocycles. The molecule has 1 atom stereocenters. The maximum Gasteiger partial charge on any atom is 0.259 e. The van der Waals surface area contributed by atoms with E-state index in [1.165, 1.54) is 17.4 Å². The molecule has 2 amide bonds. The number of carbonyl (C=O) groups excluding carboxylic acids is 2. The SMILES string of the molecule is O=C(Nc1nnc(C2CC(=O)N(c3ccc(Cl)cc3)C2)s1)c1ccc(Cl)cc1Cl. The molecular formula is C19H13Cl3N4O2S. The number of amides is 2. The Hall–Kier alpha value is -2.19. The summed E-state index contributed by atoms with van der Waals surface area (Å²) >= 11 is 19.1. The quantitative estimate of drug-likeness (QED) is 0.567. The monoisotopic (exact) mass is 466 g/mol. The Morgan fingerprint density at radius 1 is 1.07 bits per heavy atom. The van der Waals surface area contributed by atoms with Gasteiger partial charge >= 0.3 is 0 Å². The Morgan fingerprint density at radius 3 is 2.52 bits per heavy atom. The highest BCUT2D eigenvalue weighted by molar-refractivity contribution is 7.15. The van der Waals surface area contributed by atoms with Crippen LogP contribution in [0.3, 0.4) is 0 Å². The second-order valence-electron chi connectivity index (χ2n) is 6.41. The minimum Gasteiger partial charge on any atom is -0.312 e. The van der Waals surface area contributed by atoms with E-state index >= 15 is 0 Å². The summed E-state index contributed by atoms with van der Waals surface area (Å²) in [6.45, 7) is 0.492. The van der Waals surface area contributed by atoms with Crippen molar-refractivity contribution in [2.45, 2.75) is 12.3 Å². The standard InChI is InChI=1S/C19H13Cl3N4O2S/c20-11-1-4-13(5-2-11)26-9-10(7-16(26)27)18-24-25-19(29-18)23-17(28)14-6-3-12(21)8-15(14)22/h1-6,8,10H,7,9H2,(H,23,25,28). The summed E-state index contributed by atoms with van der Waals surface area (Å²) in [6, 6.07) is 11.7. The molecule has 4 rings (SSSR count). The second kappa shape index (κ2) is 8.28. The van der Waals surface area contributed by atoms with Crippen LogP contribution in [0.1, 0.15) is 27.7 Å². The molecule has 1 aliphatic heterocycles. The number of halogens is 3. The molecule has 3 aromatic rings. The summed E-state index contributed by atoms with van der Waals surface area (Å²) in [4.78, 5) is 26.6. The highest BCUT2D eigenvalue weighted by Gasteiger charge is 2.34. The highest BCUT2D eigenvalue weighted by atomic mass is 35.5. The average molecular weight is 468 g/mol. The number of nitrogens with zero attached hydrogens (tertiary/aromatic N) is 3. The highest BCUT2D eigenvalue weighted by Crippen LogP contribution is 2.34. The first-order valence-electron chi connectivity index (χ1n) is 8.56. The summed E-state index contributed by atoms with van der Waals surface area (Å²) in [7, 11) is 0. The number of rotatable bonds is 4. The van der Waals surface area contributed by atoms with E-state index in [-0.39, 0.29) is 22.4 Å². The molecule has 0 saturated carbocycles. The number of carbonyl (C=O) groups is 2. The van der Waals surface area contributed by atoms with Gasteiger partial charge in [0.05, 0.1) is 10.6 Å². The van der Waals surface area contributed by atoms with Crippen LogP contribution >= 0.6 is 46.1 Å². The topological polar surface area (TPSA) is 75.2 Å². The van der Waals surface area contributed by atoms with E-state index in [1.807, 2.05) is 12.1 Å². The van der Waals surface area contributed by atoms with Gasteiger partial charge in [-0.25, -0.2) is 0 Å². The van der Waals surface area contributed by atoms with E-state index in [2.05, 4.69) is 15.5 Å². The largest absolute Gasteiger partial charge is 0.312 e. The van der Waals surface area contributed by atoms with Crippen molar-refractivity contribution in [1.29, 1.82) is 0 Å². The number of hydrogen-bond donors (Lipinski definition) is 1. The van der Waals surface area contributed by atoms with Crippen LogP contribution in [-0.2, 0) is 4.79 Å². The molecule has 2 heterocycles. The third-order valence-electron chi connectivity index (χ3n) is 4.45. The lowest BCUT2D eigenvalue weighted by Gasteiger charge is -2.16. The molecule has 0 bridgehead atoms. The molecule has 29 heavy (non-hydrogen) atoms. The van der Waals surface area contributed by atoms with Crippen molar-refractivity contribution in [1.82, 2.24) is 10.2 Å². The molecule has 1 unspecified atom stereocenters. The zero-order valence-electron chi connectivity index (χ0n) is 14.7. The summed E-state index contributed by atoms with van der Waals surface area (Å²) in [6.07, 6.45) is 0.328. The lowest BCUT2D eigenvalue weighted by molar-refractivity contribution is -0.117. The van der Waals surface area contributed by atoms with Crippen LogP contribution in [0.2, 0.25) is 15.1 Å². The van der Waals surface area contributed by atoms with Gasteiger partial charge in [-0.1, -0.05) is 46.1 Å². The van der Waals surface area contributed by atoms with Crippen molar-refractivity contribution >= 4 is 68.8 Å². The number of benzene rings is 2. The number of anilines is 2. The number of nitrogens with one attached hydrogen (secondary N) is 1. The summed E-state index contributed by atoms with van der Waals surface area (Å²) in [5.41, 5.74) is 1.08. The molecule has 0 spiro atoms. The third-order valence-corrected chi connectivity index (χ3v) is 6.25. The van der Waals surface area contributed by atoms with Gasteiger partial charge in [0.2, 0.25) is 11.0 Å². The minimum atomic E-state index is -0.403. The van der Waals surface area contributed by atoms with Crippen LogP contribution in [0.15, 0.2) is 42.5 Å². The molecule has 10 heteroatoms. The third kappa shape index (κ3) is 4.38. The fourth-order valence-corrected chi connectivity index (χ4v) is 4.48. The molecule has 6 nitrogen and oxygen atoms in total. The molecular weight excluding hydrogens is 455 g/mol. The summed E-state index contributed by atoms with van der Waals surface area (Å²) < 4.78 is 0. The first kappa shape index (κ1) is 20.1. The van der Waals surface area contributed by atoms with Crippen molar-refractivity contribution in [2.24, 2.45) is 0 Å². The van der Waals surface area contributed by atoms with Crippen LogP contribution in [0, 0.1) is 0 Å². The molecule has 0 radical (unpaired) electrons. The zero-order valence-corrected chi connectivity index (χ0v) is 17.8. The van der Waals surface area contributed by atoms with Gasteiger partial charge in [-0.05, 0) is 42.5 Å². The molecule has 1 N–H and O–H groups in total. The van der Waals surface area contributed by atoms with E-state index in [1.54, 1.807) is 29.2 Å². The Kier molecular flexibility index (Phi) is 5.74. The van der Waals surface area contributed by atoms with Gasteiger partial charge in [0.25, 0.3) is 5.91 Å². The number of aromatic nitrogens is 2. The van der Waals surface area contributed by atoms with Gasteiger partial charge in [-0.15, -0.1) is 10.2 Å². The molecule has 148 valence electrons. The smallest absolute Gasteiger partial charge is 0.259 e. The second-order valence-corrected chi connectivity index (χ2v) is 8.69. The summed E-state index contributed by atoms with van der Waals surface area (Å²) in [5.74, 6) is -0.494. The first-order valence-corrected chi connectivity index (χ1v) is 10.5. The van der Waals surface area contributed by atoms with Gasteiger partial charge in [-0.3, -0.25) is 14.9 Å². The fraction of sp³-hybridized carbons (Fsp3) is 0.158. The van der Waals surface area contributed by atoms with Gasteiger partial charge < -0.3 is 4.90 Å². The Balaban J connectivity index is 1.46. The first-order chi connectivity index (χ1) is 13.9. The van der Waals surface area contributed by atoms with E-state index in [9.17, 15) is 9.59 Å². The van der Waals surface area contributed by atoms with Crippen molar-refractivity contribution in [3.05, 3.63) is 68.1 Å². The number of hydrogen-bond acceptors (Lipinski definition) is 5. The van der Waals surface area contributed by atoms with Crippen LogP contribution in [0.25, 0.3) is 0 Å². The molecule has 1 aromatic heterocycles. The van der Waals surface area contributed by atoms with E-state index < -0.39 is 5.91 Å². The predicted molar refractivity (Wildman–Crippen MR) is 115 cm³/mol. The summed E-state index contributed by atoms with van der Waals surface area (Å²) in [5, 5.41) is 13.2. The molecule has 0 aliphatic carbocycles. The molecule has 1 saturated heterocycles. The van der Waals surface area contributed by atoms with Crippen LogP contribution in [0.5, 0.6) is 0 Å².